The second-order valence-corrected chi connectivity index (χ2v) is 10.1. The standard InChI is InChI=1S/C22H29F3N2OS/c1-17(20(22(23,24)25)26-29(28)21(2,3)4)27(15-18-11-7-5-8-12-18)16-19-13-9-6-10-14-19/h5-14,17,20,26H,15-16H2,1-4H3/t17-,20+,29?/m0/s1. The van der Waals surface area contributed by atoms with Crippen molar-refractivity contribution in [3.8, 4) is 0 Å². The largest absolute Gasteiger partial charge is 0.406 e. The van der Waals surface area contributed by atoms with Crippen molar-refractivity contribution < 1.29 is 17.4 Å². The van der Waals surface area contributed by atoms with E-state index in [2.05, 4.69) is 4.72 Å². The molecular formula is C22H29F3N2OS. The predicted molar refractivity (Wildman–Crippen MR) is 112 cm³/mol. The first-order valence-corrected chi connectivity index (χ1v) is 10.7. The fourth-order valence-electron chi connectivity index (χ4n) is 2.92. The van der Waals surface area contributed by atoms with Crippen LogP contribution >= 0.6 is 0 Å². The minimum Gasteiger partial charge on any atom is -0.290 e. The summed E-state index contributed by atoms with van der Waals surface area (Å²) in [6.45, 7) is 7.21. The Morgan fingerprint density at radius 1 is 0.897 bits per heavy atom. The highest BCUT2D eigenvalue weighted by atomic mass is 32.2. The van der Waals surface area contributed by atoms with Crippen LogP contribution in [0.3, 0.4) is 0 Å². The zero-order valence-corrected chi connectivity index (χ0v) is 18.1. The molecule has 2 aromatic carbocycles. The Morgan fingerprint density at radius 3 is 1.66 bits per heavy atom. The maximum Gasteiger partial charge on any atom is 0.406 e. The fourth-order valence-corrected chi connectivity index (χ4v) is 3.84. The van der Waals surface area contributed by atoms with Crippen molar-refractivity contribution in [2.24, 2.45) is 0 Å². The third-order valence-corrected chi connectivity index (χ3v) is 6.24. The predicted octanol–water partition coefficient (Wildman–Crippen LogP) is 5.06. The van der Waals surface area contributed by atoms with E-state index in [9.17, 15) is 17.4 Å². The van der Waals surface area contributed by atoms with Gasteiger partial charge in [0.05, 0.1) is 15.7 Å². The van der Waals surface area contributed by atoms with Gasteiger partial charge in [0.25, 0.3) is 0 Å². The summed E-state index contributed by atoms with van der Waals surface area (Å²) in [6, 6.07) is 16.0. The number of nitrogens with zero attached hydrogens (tertiary/aromatic N) is 1. The smallest absolute Gasteiger partial charge is 0.290 e. The summed E-state index contributed by atoms with van der Waals surface area (Å²) in [6.07, 6.45) is -4.54. The number of rotatable bonds is 8. The number of halogens is 3. The minimum absolute atomic E-state index is 0.354. The van der Waals surface area contributed by atoms with Crippen molar-refractivity contribution in [1.29, 1.82) is 0 Å². The minimum atomic E-state index is -4.54. The van der Waals surface area contributed by atoms with Crippen molar-refractivity contribution in [3.63, 3.8) is 0 Å². The molecule has 0 aliphatic carbocycles. The van der Waals surface area contributed by atoms with Gasteiger partial charge in [0.2, 0.25) is 0 Å². The van der Waals surface area contributed by atoms with Gasteiger partial charge < -0.3 is 0 Å². The van der Waals surface area contributed by atoms with Gasteiger partial charge in [-0.15, -0.1) is 0 Å². The molecule has 1 N–H and O–H groups in total. The van der Waals surface area contributed by atoms with Gasteiger partial charge in [-0.25, -0.2) is 8.93 Å². The quantitative estimate of drug-likeness (QED) is 0.640. The first-order chi connectivity index (χ1) is 13.5. The molecule has 2 aromatic rings. The highest BCUT2D eigenvalue weighted by Gasteiger charge is 2.46. The lowest BCUT2D eigenvalue weighted by Crippen LogP contribution is -2.57. The average molecular weight is 427 g/mol. The van der Waals surface area contributed by atoms with E-state index >= 15 is 0 Å². The Balaban J connectivity index is 2.32. The Hall–Kier alpha value is -1.70. The van der Waals surface area contributed by atoms with E-state index in [0.717, 1.165) is 11.1 Å². The molecule has 2 rings (SSSR count). The van der Waals surface area contributed by atoms with Crippen LogP contribution in [-0.2, 0) is 24.1 Å². The molecule has 0 bridgehead atoms. The summed E-state index contributed by atoms with van der Waals surface area (Å²) in [5.41, 5.74) is 1.85. The Kier molecular flexibility index (Phi) is 8.02. The lowest BCUT2D eigenvalue weighted by Gasteiger charge is -2.37. The molecule has 1 unspecified atom stereocenters. The van der Waals surface area contributed by atoms with Crippen LogP contribution in [0.25, 0.3) is 0 Å². The molecule has 7 heteroatoms. The molecule has 0 spiro atoms. The van der Waals surface area contributed by atoms with Crippen molar-refractivity contribution in [2.45, 2.75) is 63.8 Å². The molecule has 160 valence electrons. The number of hydrogen-bond acceptors (Lipinski definition) is 2. The Labute approximate surface area is 173 Å². The van der Waals surface area contributed by atoms with Gasteiger partial charge >= 0.3 is 6.18 Å². The van der Waals surface area contributed by atoms with E-state index in [1.807, 2.05) is 60.7 Å². The zero-order chi connectivity index (χ0) is 21.7. The first-order valence-electron chi connectivity index (χ1n) is 9.55. The van der Waals surface area contributed by atoms with Crippen molar-refractivity contribution in [3.05, 3.63) is 71.8 Å². The summed E-state index contributed by atoms with van der Waals surface area (Å²) < 4.78 is 55.8. The van der Waals surface area contributed by atoms with Crippen LogP contribution in [0.1, 0.15) is 38.8 Å². The molecule has 0 radical (unpaired) electrons. The van der Waals surface area contributed by atoms with E-state index in [0.29, 0.717) is 13.1 Å². The number of alkyl halides is 3. The zero-order valence-electron chi connectivity index (χ0n) is 17.2. The number of nitrogens with one attached hydrogen (secondary N) is 1. The van der Waals surface area contributed by atoms with Crippen LogP contribution in [0.15, 0.2) is 60.7 Å². The molecule has 0 fully saturated rings. The fraction of sp³-hybridized carbons (Fsp3) is 0.455. The topological polar surface area (TPSA) is 32.3 Å². The SMILES string of the molecule is C[C@@H]([C@@H](NS(=O)C(C)(C)C)C(F)(F)F)N(Cc1ccccc1)Cc1ccccc1. The maximum atomic E-state index is 13.9. The summed E-state index contributed by atoms with van der Waals surface area (Å²) in [5.74, 6) is 0. The van der Waals surface area contributed by atoms with Crippen LogP contribution in [0.5, 0.6) is 0 Å². The molecule has 0 amide bonds. The van der Waals surface area contributed by atoms with Crippen LogP contribution in [0.4, 0.5) is 13.2 Å². The molecular weight excluding hydrogens is 397 g/mol. The molecule has 0 heterocycles. The molecule has 0 saturated heterocycles. The first kappa shape index (κ1) is 23.6. The molecule has 0 aromatic heterocycles. The molecule has 3 nitrogen and oxygen atoms in total. The second-order valence-electron chi connectivity index (χ2n) is 8.14. The lowest BCUT2D eigenvalue weighted by atomic mass is 10.1. The van der Waals surface area contributed by atoms with Crippen LogP contribution in [0.2, 0.25) is 0 Å². The monoisotopic (exact) mass is 426 g/mol. The highest BCUT2D eigenvalue weighted by Crippen LogP contribution is 2.28. The Bertz CT molecular complexity index is 735. The molecule has 0 aliphatic heterocycles. The van der Waals surface area contributed by atoms with Crippen molar-refractivity contribution >= 4 is 11.0 Å². The Morgan fingerprint density at radius 2 is 1.31 bits per heavy atom. The van der Waals surface area contributed by atoms with Crippen molar-refractivity contribution in [1.82, 2.24) is 9.62 Å². The summed E-state index contributed by atoms with van der Waals surface area (Å²) >= 11 is 0. The van der Waals surface area contributed by atoms with E-state index in [1.165, 1.54) is 6.92 Å². The van der Waals surface area contributed by atoms with E-state index in [4.69, 9.17) is 0 Å². The third-order valence-electron chi connectivity index (χ3n) is 4.66. The van der Waals surface area contributed by atoms with Gasteiger partial charge in [-0.2, -0.15) is 13.2 Å². The molecule has 29 heavy (non-hydrogen) atoms. The van der Waals surface area contributed by atoms with Crippen LogP contribution in [0, 0.1) is 0 Å². The van der Waals surface area contributed by atoms with Gasteiger partial charge in [-0.3, -0.25) is 4.90 Å². The summed E-state index contributed by atoms with van der Waals surface area (Å²) in [5, 5.41) is 0. The van der Waals surface area contributed by atoms with Crippen molar-refractivity contribution in [2.75, 3.05) is 0 Å². The van der Waals surface area contributed by atoms with Crippen LogP contribution in [-0.4, -0.2) is 32.1 Å². The molecule has 0 saturated carbocycles. The van der Waals surface area contributed by atoms with Gasteiger partial charge in [0.1, 0.15) is 6.04 Å². The number of hydrogen-bond donors (Lipinski definition) is 1. The van der Waals surface area contributed by atoms with Gasteiger partial charge in [-0.1, -0.05) is 60.7 Å². The summed E-state index contributed by atoms with van der Waals surface area (Å²) in [4.78, 5) is 1.77. The van der Waals surface area contributed by atoms with E-state index < -0.39 is 34.0 Å². The maximum absolute atomic E-state index is 13.9. The third kappa shape index (κ3) is 7.24. The lowest BCUT2D eigenvalue weighted by molar-refractivity contribution is -0.165. The van der Waals surface area contributed by atoms with Gasteiger partial charge in [0.15, 0.2) is 0 Å². The summed E-state index contributed by atoms with van der Waals surface area (Å²) in [7, 11) is -1.84. The highest BCUT2D eigenvalue weighted by molar-refractivity contribution is 7.84. The van der Waals surface area contributed by atoms with Gasteiger partial charge in [0, 0.05) is 19.1 Å². The normalized spacial score (nSPS) is 15.9. The van der Waals surface area contributed by atoms with E-state index in [-0.39, 0.29) is 0 Å². The van der Waals surface area contributed by atoms with Gasteiger partial charge in [-0.05, 0) is 38.8 Å². The number of benzene rings is 2. The average Bonchev–Trinajstić information content (AvgIpc) is 2.65. The van der Waals surface area contributed by atoms with Crippen LogP contribution < -0.4 is 4.72 Å². The molecule has 0 aliphatic rings. The second kappa shape index (κ2) is 9.87. The van der Waals surface area contributed by atoms with E-state index in [1.54, 1.807) is 25.7 Å². The molecule has 3 atom stereocenters.